The lowest BCUT2D eigenvalue weighted by Gasteiger charge is -2.17. The van der Waals surface area contributed by atoms with Crippen molar-refractivity contribution >= 4 is 12.0 Å². The van der Waals surface area contributed by atoms with E-state index < -0.39 is 11.8 Å². The number of carbonyl (C=O) groups is 1. The molecule has 0 aromatic heterocycles. The van der Waals surface area contributed by atoms with Crippen LogP contribution in [0.25, 0.3) is 6.08 Å². The SMILES string of the molecule is Cc1cc(F)cc2c1OCC(C(=O)O)=C2. The summed E-state index contributed by atoms with van der Waals surface area (Å²) in [5.41, 5.74) is 1.29. The first kappa shape index (κ1) is 9.71. The maximum absolute atomic E-state index is 13.1. The normalized spacial score (nSPS) is 13.9. The van der Waals surface area contributed by atoms with Crippen LogP contribution >= 0.6 is 0 Å². The molecule has 0 bridgehead atoms. The van der Waals surface area contributed by atoms with Gasteiger partial charge in [0.25, 0.3) is 0 Å². The molecule has 0 amide bonds. The molecular weight excluding hydrogens is 199 g/mol. The summed E-state index contributed by atoms with van der Waals surface area (Å²) in [7, 11) is 0. The van der Waals surface area contributed by atoms with E-state index in [1.54, 1.807) is 6.92 Å². The number of rotatable bonds is 1. The number of aryl methyl sites for hydroxylation is 1. The molecule has 78 valence electrons. The lowest BCUT2D eigenvalue weighted by Crippen LogP contribution is -2.15. The van der Waals surface area contributed by atoms with Crippen LogP contribution in [0.5, 0.6) is 5.75 Å². The van der Waals surface area contributed by atoms with E-state index in [9.17, 15) is 9.18 Å². The van der Waals surface area contributed by atoms with Crippen molar-refractivity contribution in [2.24, 2.45) is 0 Å². The largest absolute Gasteiger partial charge is 0.488 e. The van der Waals surface area contributed by atoms with Crippen molar-refractivity contribution in [3.05, 3.63) is 34.6 Å². The number of benzene rings is 1. The molecule has 0 saturated heterocycles. The minimum absolute atomic E-state index is 0.0226. The molecule has 4 heteroatoms. The molecule has 1 N–H and O–H groups in total. The van der Waals surface area contributed by atoms with Gasteiger partial charge in [-0.25, -0.2) is 9.18 Å². The molecule has 0 spiro atoms. The Balaban J connectivity index is 2.54. The first-order chi connectivity index (χ1) is 7.08. The van der Waals surface area contributed by atoms with Gasteiger partial charge in [-0.3, -0.25) is 0 Å². The van der Waals surface area contributed by atoms with Crippen LogP contribution in [0.3, 0.4) is 0 Å². The summed E-state index contributed by atoms with van der Waals surface area (Å²) < 4.78 is 18.3. The van der Waals surface area contributed by atoms with Gasteiger partial charge in [0, 0.05) is 5.56 Å². The second kappa shape index (κ2) is 3.38. The summed E-state index contributed by atoms with van der Waals surface area (Å²) in [6, 6.07) is 2.63. The van der Waals surface area contributed by atoms with Gasteiger partial charge in [0.15, 0.2) is 0 Å². The third-order valence-corrected chi connectivity index (χ3v) is 2.24. The van der Waals surface area contributed by atoms with E-state index >= 15 is 0 Å². The van der Waals surface area contributed by atoms with E-state index in [0.717, 1.165) is 0 Å². The number of ether oxygens (including phenoxy) is 1. The molecule has 1 aliphatic heterocycles. The van der Waals surface area contributed by atoms with Crippen molar-refractivity contribution < 1.29 is 19.0 Å². The second-order valence-corrected chi connectivity index (χ2v) is 3.40. The van der Waals surface area contributed by atoms with E-state index in [4.69, 9.17) is 9.84 Å². The number of fused-ring (bicyclic) bond motifs is 1. The van der Waals surface area contributed by atoms with E-state index in [-0.39, 0.29) is 12.2 Å². The van der Waals surface area contributed by atoms with Crippen LogP contribution in [-0.4, -0.2) is 17.7 Å². The van der Waals surface area contributed by atoms with Crippen LogP contribution in [0, 0.1) is 12.7 Å². The fraction of sp³-hybridized carbons (Fsp3) is 0.182. The maximum Gasteiger partial charge on any atom is 0.335 e. The number of hydrogen-bond donors (Lipinski definition) is 1. The van der Waals surface area contributed by atoms with Gasteiger partial charge in [0.2, 0.25) is 0 Å². The molecule has 0 atom stereocenters. The zero-order valence-corrected chi connectivity index (χ0v) is 8.08. The van der Waals surface area contributed by atoms with Gasteiger partial charge >= 0.3 is 5.97 Å². The summed E-state index contributed by atoms with van der Waals surface area (Å²) >= 11 is 0. The van der Waals surface area contributed by atoms with Gasteiger partial charge in [-0.1, -0.05) is 0 Å². The molecule has 0 radical (unpaired) electrons. The zero-order valence-electron chi connectivity index (χ0n) is 8.08. The Bertz CT molecular complexity index is 463. The minimum atomic E-state index is -1.04. The molecule has 1 aromatic rings. The number of aliphatic carboxylic acids is 1. The maximum atomic E-state index is 13.1. The van der Waals surface area contributed by atoms with Crippen LogP contribution in [0.4, 0.5) is 4.39 Å². The fourth-order valence-electron chi connectivity index (χ4n) is 1.56. The second-order valence-electron chi connectivity index (χ2n) is 3.40. The van der Waals surface area contributed by atoms with Crippen molar-refractivity contribution in [1.29, 1.82) is 0 Å². The molecule has 2 rings (SSSR count). The summed E-state index contributed by atoms with van der Waals surface area (Å²) in [4.78, 5) is 10.7. The molecule has 1 aromatic carbocycles. The van der Waals surface area contributed by atoms with Crippen molar-refractivity contribution in [1.82, 2.24) is 0 Å². The molecule has 0 saturated carbocycles. The summed E-state index contributed by atoms with van der Waals surface area (Å²) in [6.45, 7) is 1.75. The van der Waals surface area contributed by atoms with Crippen LogP contribution in [0.15, 0.2) is 17.7 Å². The van der Waals surface area contributed by atoms with Crippen molar-refractivity contribution in [3.63, 3.8) is 0 Å². The monoisotopic (exact) mass is 208 g/mol. The molecule has 0 aliphatic carbocycles. The molecule has 0 fully saturated rings. The summed E-state index contributed by atoms with van der Waals surface area (Å²) in [5, 5.41) is 8.76. The van der Waals surface area contributed by atoms with E-state index in [1.807, 2.05) is 0 Å². The van der Waals surface area contributed by atoms with Gasteiger partial charge in [-0.2, -0.15) is 0 Å². The van der Waals surface area contributed by atoms with Crippen molar-refractivity contribution in [2.45, 2.75) is 6.92 Å². The predicted octanol–water partition coefficient (Wildman–Crippen LogP) is 1.99. The van der Waals surface area contributed by atoms with E-state index in [0.29, 0.717) is 16.9 Å². The zero-order chi connectivity index (χ0) is 11.0. The Kier molecular flexibility index (Phi) is 2.19. The number of carboxylic acids is 1. The average Bonchev–Trinajstić information content (AvgIpc) is 2.16. The van der Waals surface area contributed by atoms with Crippen LogP contribution in [-0.2, 0) is 4.79 Å². The highest BCUT2D eigenvalue weighted by molar-refractivity contribution is 5.93. The topological polar surface area (TPSA) is 46.5 Å². The Morgan fingerprint density at radius 1 is 1.53 bits per heavy atom. The third kappa shape index (κ3) is 1.70. The van der Waals surface area contributed by atoms with Crippen LogP contribution < -0.4 is 4.74 Å². The Labute approximate surface area is 85.8 Å². The van der Waals surface area contributed by atoms with Crippen LogP contribution in [0.1, 0.15) is 11.1 Å². The highest BCUT2D eigenvalue weighted by atomic mass is 19.1. The minimum Gasteiger partial charge on any atom is -0.488 e. The number of halogens is 1. The average molecular weight is 208 g/mol. The Morgan fingerprint density at radius 3 is 2.93 bits per heavy atom. The highest BCUT2D eigenvalue weighted by Gasteiger charge is 2.18. The predicted molar refractivity (Wildman–Crippen MR) is 52.2 cm³/mol. The lowest BCUT2D eigenvalue weighted by atomic mass is 10.0. The fourth-order valence-corrected chi connectivity index (χ4v) is 1.56. The van der Waals surface area contributed by atoms with Gasteiger partial charge in [0.05, 0.1) is 5.57 Å². The van der Waals surface area contributed by atoms with Gasteiger partial charge in [0.1, 0.15) is 18.2 Å². The molecule has 0 unspecified atom stereocenters. The van der Waals surface area contributed by atoms with Crippen molar-refractivity contribution in [2.75, 3.05) is 6.61 Å². The first-order valence-electron chi connectivity index (χ1n) is 4.45. The van der Waals surface area contributed by atoms with Crippen LogP contribution in [0.2, 0.25) is 0 Å². The third-order valence-electron chi connectivity index (χ3n) is 2.24. The van der Waals surface area contributed by atoms with Gasteiger partial charge < -0.3 is 9.84 Å². The Morgan fingerprint density at radius 2 is 2.27 bits per heavy atom. The van der Waals surface area contributed by atoms with Crippen molar-refractivity contribution in [3.8, 4) is 5.75 Å². The molecule has 1 aliphatic rings. The summed E-state index contributed by atoms with van der Waals surface area (Å²) in [6.07, 6.45) is 1.44. The summed E-state index contributed by atoms with van der Waals surface area (Å²) in [5.74, 6) is -0.873. The van der Waals surface area contributed by atoms with E-state index in [2.05, 4.69) is 0 Å². The molecule has 15 heavy (non-hydrogen) atoms. The Hall–Kier alpha value is -1.84. The van der Waals surface area contributed by atoms with E-state index in [1.165, 1.54) is 18.2 Å². The quantitative estimate of drug-likeness (QED) is 0.767. The number of carboxylic acid groups (broad SMARTS) is 1. The van der Waals surface area contributed by atoms with Gasteiger partial charge in [-0.15, -0.1) is 0 Å². The molecule has 1 heterocycles. The highest BCUT2D eigenvalue weighted by Crippen LogP contribution is 2.30. The number of hydrogen-bond acceptors (Lipinski definition) is 2. The first-order valence-corrected chi connectivity index (χ1v) is 4.45. The lowest BCUT2D eigenvalue weighted by molar-refractivity contribution is -0.132. The smallest absolute Gasteiger partial charge is 0.335 e. The van der Waals surface area contributed by atoms with Gasteiger partial charge in [-0.05, 0) is 30.7 Å². The molecule has 3 nitrogen and oxygen atoms in total. The molecular formula is C11H9FO3. The standard InChI is InChI=1S/C11H9FO3/c1-6-2-9(12)4-7-3-8(11(13)14)5-15-10(6)7/h2-4H,5H2,1H3,(H,13,14).